The number of carbonyl (C=O) groups excluding carboxylic acids is 1. The molecule has 1 amide bonds. The molecule has 10 heteroatoms. The Labute approximate surface area is 125 Å². The number of carboxylic acid groups (broad SMARTS) is 1. The molecule has 2 N–H and O–H groups in total. The van der Waals surface area contributed by atoms with Crippen molar-refractivity contribution in [3.05, 3.63) is 35.4 Å². The van der Waals surface area contributed by atoms with Crippen molar-refractivity contribution in [2.75, 3.05) is 11.1 Å². The van der Waals surface area contributed by atoms with Crippen molar-refractivity contribution in [2.24, 2.45) is 0 Å². The zero-order chi connectivity index (χ0) is 15.4. The Bertz CT molecular complexity index is 673. The van der Waals surface area contributed by atoms with E-state index < -0.39 is 29.1 Å². The molecule has 0 atom stereocenters. The number of benzene rings is 1. The van der Waals surface area contributed by atoms with Crippen molar-refractivity contribution in [3.8, 4) is 0 Å². The van der Waals surface area contributed by atoms with Gasteiger partial charge in [0.2, 0.25) is 5.13 Å². The van der Waals surface area contributed by atoms with Gasteiger partial charge in [-0.3, -0.25) is 14.9 Å². The predicted molar refractivity (Wildman–Crippen MR) is 72.6 cm³/mol. The van der Waals surface area contributed by atoms with Gasteiger partial charge in [-0.05, 0) is 12.1 Å². The minimum absolute atomic E-state index is 0.0236. The summed E-state index contributed by atoms with van der Waals surface area (Å²) in [6, 6.07) is 3.07. The second kappa shape index (κ2) is 6.59. The Hall–Kier alpha value is -2.07. The number of aliphatic carboxylic acids is 1. The first kappa shape index (κ1) is 15.3. The van der Waals surface area contributed by atoms with E-state index in [-0.39, 0.29) is 10.9 Å². The quantitative estimate of drug-likeness (QED) is 0.645. The Morgan fingerprint density at radius 1 is 1.29 bits per heavy atom. The third-order valence-electron chi connectivity index (χ3n) is 2.14. The first-order valence-corrected chi connectivity index (χ1v) is 7.21. The van der Waals surface area contributed by atoms with Crippen molar-refractivity contribution < 1.29 is 23.5 Å². The molecule has 1 aromatic heterocycles. The molecule has 21 heavy (non-hydrogen) atoms. The second-order valence-corrected chi connectivity index (χ2v) is 5.81. The van der Waals surface area contributed by atoms with Gasteiger partial charge in [0.15, 0.2) is 4.34 Å². The maximum atomic E-state index is 13.4. The van der Waals surface area contributed by atoms with Crippen molar-refractivity contribution in [1.82, 2.24) is 10.2 Å². The Kier molecular flexibility index (Phi) is 4.81. The molecule has 1 heterocycles. The third kappa shape index (κ3) is 3.95. The molecular formula is C11H7F2N3O3S2. The molecule has 2 aromatic rings. The summed E-state index contributed by atoms with van der Waals surface area (Å²) in [4.78, 5) is 22.2. The van der Waals surface area contributed by atoms with Gasteiger partial charge in [-0.1, -0.05) is 29.2 Å². The molecule has 6 nitrogen and oxygen atoms in total. The van der Waals surface area contributed by atoms with Crippen LogP contribution in [0.1, 0.15) is 10.4 Å². The number of amides is 1. The van der Waals surface area contributed by atoms with Gasteiger partial charge in [-0.2, -0.15) is 0 Å². The summed E-state index contributed by atoms with van der Waals surface area (Å²) < 4.78 is 27.2. The lowest BCUT2D eigenvalue weighted by Gasteiger charge is -2.03. The van der Waals surface area contributed by atoms with E-state index in [2.05, 4.69) is 15.5 Å². The van der Waals surface area contributed by atoms with E-state index >= 15 is 0 Å². The van der Waals surface area contributed by atoms with E-state index in [0.717, 1.165) is 41.3 Å². The number of halogens is 2. The van der Waals surface area contributed by atoms with E-state index in [9.17, 15) is 18.4 Å². The lowest BCUT2D eigenvalue weighted by Crippen LogP contribution is -2.15. The summed E-state index contributed by atoms with van der Waals surface area (Å²) in [5.74, 6) is -4.19. The molecule has 0 spiro atoms. The summed E-state index contributed by atoms with van der Waals surface area (Å²) in [5.41, 5.74) is -0.715. The highest BCUT2D eigenvalue weighted by Gasteiger charge is 2.18. The van der Waals surface area contributed by atoms with Gasteiger partial charge in [0.05, 0.1) is 5.75 Å². The third-order valence-corrected chi connectivity index (χ3v) is 4.09. The maximum absolute atomic E-state index is 13.4. The van der Waals surface area contributed by atoms with Crippen LogP contribution in [0.4, 0.5) is 13.9 Å². The molecule has 0 radical (unpaired) electrons. The predicted octanol–water partition coefficient (Wildman–Crippen LogP) is 2.25. The van der Waals surface area contributed by atoms with E-state index in [0.29, 0.717) is 4.34 Å². The molecule has 0 saturated carbocycles. The normalized spacial score (nSPS) is 10.4. The fourth-order valence-corrected chi connectivity index (χ4v) is 2.78. The van der Waals surface area contributed by atoms with Gasteiger partial charge in [0.25, 0.3) is 5.91 Å². The highest BCUT2D eigenvalue weighted by molar-refractivity contribution is 8.01. The molecular weight excluding hydrogens is 324 g/mol. The molecule has 0 aliphatic rings. The highest BCUT2D eigenvalue weighted by atomic mass is 32.2. The zero-order valence-corrected chi connectivity index (χ0v) is 11.8. The number of thioether (sulfide) groups is 1. The SMILES string of the molecule is O=C(O)CSc1nnc(NC(=O)c2c(F)cccc2F)s1. The number of anilines is 1. The van der Waals surface area contributed by atoms with E-state index in [1.54, 1.807) is 0 Å². The number of hydrogen-bond acceptors (Lipinski definition) is 6. The summed E-state index contributed by atoms with van der Waals surface area (Å²) in [5, 5.41) is 18.0. The Morgan fingerprint density at radius 3 is 2.57 bits per heavy atom. The Balaban J connectivity index is 2.08. The van der Waals surface area contributed by atoms with Gasteiger partial charge in [-0.25, -0.2) is 8.78 Å². The van der Waals surface area contributed by atoms with Crippen LogP contribution in [-0.4, -0.2) is 32.9 Å². The second-order valence-electron chi connectivity index (χ2n) is 3.61. The average molecular weight is 331 g/mol. The van der Waals surface area contributed by atoms with Crippen molar-refractivity contribution in [1.29, 1.82) is 0 Å². The number of rotatable bonds is 5. The molecule has 1 aromatic carbocycles. The summed E-state index contributed by atoms with van der Waals surface area (Å²) in [6.07, 6.45) is 0. The van der Waals surface area contributed by atoms with Crippen LogP contribution in [-0.2, 0) is 4.79 Å². The van der Waals surface area contributed by atoms with Crippen LogP contribution in [0, 0.1) is 11.6 Å². The number of nitrogens with one attached hydrogen (secondary N) is 1. The molecule has 0 aliphatic carbocycles. The molecule has 0 fully saturated rings. The molecule has 0 bridgehead atoms. The summed E-state index contributed by atoms with van der Waals surface area (Å²) >= 11 is 1.83. The molecule has 0 saturated heterocycles. The molecule has 2 rings (SSSR count). The highest BCUT2D eigenvalue weighted by Crippen LogP contribution is 2.26. The fourth-order valence-electron chi connectivity index (χ4n) is 1.32. The fraction of sp³-hybridized carbons (Fsp3) is 0.0909. The first-order valence-electron chi connectivity index (χ1n) is 5.41. The topological polar surface area (TPSA) is 92.2 Å². The largest absolute Gasteiger partial charge is 0.481 e. The van der Waals surface area contributed by atoms with Crippen LogP contribution in [0.2, 0.25) is 0 Å². The van der Waals surface area contributed by atoms with Crippen LogP contribution in [0.3, 0.4) is 0 Å². The molecule has 0 aliphatic heterocycles. The van der Waals surface area contributed by atoms with Gasteiger partial charge in [-0.15, -0.1) is 10.2 Å². The van der Waals surface area contributed by atoms with Crippen molar-refractivity contribution >= 4 is 40.1 Å². The zero-order valence-electron chi connectivity index (χ0n) is 10.2. The van der Waals surface area contributed by atoms with E-state index in [1.807, 2.05) is 0 Å². The van der Waals surface area contributed by atoms with Crippen LogP contribution in [0.5, 0.6) is 0 Å². The van der Waals surface area contributed by atoms with Crippen LogP contribution in [0.25, 0.3) is 0 Å². The lowest BCUT2D eigenvalue weighted by atomic mass is 10.2. The van der Waals surface area contributed by atoms with Gasteiger partial charge in [0, 0.05) is 0 Å². The summed E-state index contributed by atoms with van der Waals surface area (Å²) in [6.45, 7) is 0. The van der Waals surface area contributed by atoms with Crippen LogP contribution < -0.4 is 5.32 Å². The number of carboxylic acids is 1. The monoisotopic (exact) mass is 331 g/mol. The van der Waals surface area contributed by atoms with E-state index in [1.165, 1.54) is 0 Å². The smallest absolute Gasteiger partial charge is 0.313 e. The number of aromatic nitrogens is 2. The van der Waals surface area contributed by atoms with Gasteiger partial charge in [0.1, 0.15) is 17.2 Å². The van der Waals surface area contributed by atoms with Crippen molar-refractivity contribution in [2.45, 2.75) is 4.34 Å². The Morgan fingerprint density at radius 2 is 1.95 bits per heavy atom. The van der Waals surface area contributed by atoms with Gasteiger partial charge >= 0.3 is 5.97 Å². The maximum Gasteiger partial charge on any atom is 0.313 e. The van der Waals surface area contributed by atoms with Crippen LogP contribution >= 0.6 is 23.1 Å². The summed E-state index contributed by atoms with van der Waals surface area (Å²) in [7, 11) is 0. The number of carbonyl (C=O) groups is 2. The minimum Gasteiger partial charge on any atom is -0.481 e. The average Bonchev–Trinajstić information content (AvgIpc) is 2.83. The number of nitrogens with zero attached hydrogens (tertiary/aromatic N) is 2. The molecule has 110 valence electrons. The number of hydrogen-bond donors (Lipinski definition) is 2. The molecule has 0 unspecified atom stereocenters. The van der Waals surface area contributed by atoms with E-state index in [4.69, 9.17) is 5.11 Å². The first-order chi connectivity index (χ1) is 9.97. The lowest BCUT2D eigenvalue weighted by molar-refractivity contribution is -0.133. The standard InChI is InChI=1S/C11H7F2N3O3S2/c12-5-2-1-3-6(13)8(5)9(19)14-10-15-16-11(21-10)20-4-7(17)18/h1-3H,4H2,(H,17,18)(H,14,15,19). The minimum atomic E-state index is -1.02. The van der Waals surface area contributed by atoms with Crippen LogP contribution in [0.15, 0.2) is 22.5 Å². The van der Waals surface area contributed by atoms with Gasteiger partial charge < -0.3 is 5.11 Å². The van der Waals surface area contributed by atoms with Crippen molar-refractivity contribution in [3.63, 3.8) is 0 Å².